The summed E-state index contributed by atoms with van der Waals surface area (Å²) in [6.07, 6.45) is 0.191. The van der Waals surface area contributed by atoms with Crippen molar-refractivity contribution in [1.29, 1.82) is 5.41 Å². The summed E-state index contributed by atoms with van der Waals surface area (Å²) >= 11 is 5.61. The maximum atomic E-state index is 12.8. The van der Waals surface area contributed by atoms with Crippen molar-refractivity contribution in [3.8, 4) is 0 Å². The third kappa shape index (κ3) is 1.95. The molecule has 0 amide bonds. The quantitative estimate of drug-likeness (QED) is 0.539. The second kappa shape index (κ2) is 3.54. The number of hydrogen-bond acceptors (Lipinski definition) is 1. The van der Waals surface area contributed by atoms with Gasteiger partial charge in [-0.25, -0.2) is 4.39 Å². The van der Waals surface area contributed by atoms with Gasteiger partial charge in [0.2, 0.25) is 0 Å². The zero-order valence-corrected chi connectivity index (χ0v) is 7.03. The van der Waals surface area contributed by atoms with Crippen LogP contribution in [0, 0.1) is 11.2 Å². The molecule has 2 nitrogen and oxygen atoms in total. The Labute approximate surface area is 74.7 Å². The minimum absolute atomic E-state index is 0.0255. The van der Waals surface area contributed by atoms with Crippen LogP contribution in [0.4, 0.5) is 4.39 Å². The van der Waals surface area contributed by atoms with Gasteiger partial charge in [-0.15, -0.1) is 0 Å². The molecule has 0 aliphatic heterocycles. The smallest absolute Gasteiger partial charge is 0.142 e. The van der Waals surface area contributed by atoms with Crippen molar-refractivity contribution < 1.29 is 4.39 Å². The highest BCUT2D eigenvalue weighted by molar-refractivity contribution is 6.31. The molecule has 12 heavy (non-hydrogen) atoms. The van der Waals surface area contributed by atoms with Crippen LogP contribution >= 0.6 is 11.6 Å². The van der Waals surface area contributed by atoms with Gasteiger partial charge < -0.3 is 5.73 Å². The lowest BCUT2D eigenvalue weighted by molar-refractivity contribution is 0.627. The molecule has 0 heterocycles. The standard InChI is InChI=1S/C8H8ClFN2/c9-8-5(4-7(11)12)2-1-3-6(8)10/h1-3H,4H2,(H3,11,12). The third-order valence-corrected chi connectivity index (χ3v) is 1.84. The molecule has 0 radical (unpaired) electrons. The van der Waals surface area contributed by atoms with Crippen LogP contribution in [0.5, 0.6) is 0 Å². The van der Waals surface area contributed by atoms with Gasteiger partial charge in [-0.05, 0) is 11.6 Å². The lowest BCUT2D eigenvalue weighted by Gasteiger charge is -2.02. The number of nitrogens with two attached hydrogens (primary N) is 1. The topological polar surface area (TPSA) is 49.9 Å². The van der Waals surface area contributed by atoms with Crippen molar-refractivity contribution in [1.82, 2.24) is 0 Å². The summed E-state index contributed by atoms with van der Waals surface area (Å²) in [5.41, 5.74) is 5.69. The molecule has 0 bridgehead atoms. The van der Waals surface area contributed by atoms with E-state index in [0.717, 1.165) is 0 Å². The molecule has 3 N–H and O–H groups in total. The van der Waals surface area contributed by atoms with Crippen LogP contribution in [0.2, 0.25) is 5.02 Å². The number of hydrogen-bond donors (Lipinski definition) is 2. The minimum atomic E-state index is -0.476. The highest BCUT2D eigenvalue weighted by Gasteiger charge is 2.05. The van der Waals surface area contributed by atoms with Crippen molar-refractivity contribution >= 4 is 17.4 Å². The van der Waals surface area contributed by atoms with Crippen molar-refractivity contribution in [2.45, 2.75) is 6.42 Å². The van der Waals surface area contributed by atoms with E-state index in [-0.39, 0.29) is 17.3 Å². The number of amidine groups is 1. The van der Waals surface area contributed by atoms with Gasteiger partial charge in [0.15, 0.2) is 0 Å². The monoisotopic (exact) mass is 186 g/mol. The van der Waals surface area contributed by atoms with E-state index in [0.29, 0.717) is 5.56 Å². The fraction of sp³-hybridized carbons (Fsp3) is 0.125. The van der Waals surface area contributed by atoms with E-state index in [1.165, 1.54) is 6.07 Å². The molecular formula is C8H8ClFN2. The molecule has 1 rings (SSSR count). The first-order valence-corrected chi connectivity index (χ1v) is 3.75. The molecule has 0 aliphatic rings. The predicted octanol–water partition coefficient (Wildman–Crippen LogP) is 1.96. The van der Waals surface area contributed by atoms with E-state index in [4.69, 9.17) is 22.7 Å². The first-order chi connectivity index (χ1) is 5.61. The Morgan fingerprint density at radius 1 is 1.58 bits per heavy atom. The summed E-state index contributed by atoms with van der Waals surface area (Å²) in [5.74, 6) is -0.502. The summed E-state index contributed by atoms with van der Waals surface area (Å²) in [5, 5.41) is 7.04. The maximum Gasteiger partial charge on any atom is 0.142 e. The predicted molar refractivity (Wildman–Crippen MR) is 47.0 cm³/mol. The van der Waals surface area contributed by atoms with Gasteiger partial charge in [-0.1, -0.05) is 23.7 Å². The van der Waals surface area contributed by atoms with E-state index < -0.39 is 5.82 Å². The van der Waals surface area contributed by atoms with Gasteiger partial charge in [0.25, 0.3) is 0 Å². The third-order valence-electron chi connectivity index (χ3n) is 1.41. The highest BCUT2D eigenvalue weighted by Crippen LogP contribution is 2.19. The normalized spacial score (nSPS) is 9.83. The van der Waals surface area contributed by atoms with E-state index in [1.54, 1.807) is 12.1 Å². The molecule has 0 atom stereocenters. The second-order valence-electron chi connectivity index (χ2n) is 2.41. The van der Waals surface area contributed by atoms with Crippen molar-refractivity contribution in [2.24, 2.45) is 5.73 Å². The molecule has 0 aromatic heterocycles. The van der Waals surface area contributed by atoms with Crippen molar-refractivity contribution in [3.05, 3.63) is 34.6 Å². The number of nitrogens with one attached hydrogen (secondary N) is 1. The van der Waals surface area contributed by atoms with Crippen LogP contribution in [0.3, 0.4) is 0 Å². The molecule has 0 saturated carbocycles. The SMILES string of the molecule is N=C(N)Cc1cccc(F)c1Cl. The number of halogens is 2. The highest BCUT2D eigenvalue weighted by atomic mass is 35.5. The van der Waals surface area contributed by atoms with Gasteiger partial charge in [-0.2, -0.15) is 0 Å². The molecule has 64 valence electrons. The van der Waals surface area contributed by atoms with Crippen LogP contribution < -0.4 is 5.73 Å². The summed E-state index contributed by atoms with van der Waals surface area (Å²) < 4.78 is 12.8. The Hall–Kier alpha value is -1.09. The summed E-state index contributed by atoms with van der Waals surface area (Å²) in [6.45, 7) is 0. The molecule has 0 fully saturated rings. The molecule has 1 aromatic rings. The van der Waals surface area contributed by atoms with Crippen LogP contribution in [0.15, 0.2) is 18.2 Å². The van der Waals surface area contributed by atoms with Crippen LogP contribution in [-0.4, -0.2) is 5.84 Å². The molecule has 0 saturated heterocycles. The van der Waals surface area contributed by atoms with Gasteiger partial charge in [0.1, 0.15) is 5.82 Å². The number of benzene rings is 1. The zero-order chi connectivity index (χ0) is 9.14. The lowest BCUT2D eigenvalue weighted by atomic mass is 10.1. The first kappa shape index (κ1) is 9.00. The summed E-state index contributed by atoms with van der Waals surface area (Å²) in [7, 11) is 0. The van der Waals surface area contributed by atoms with E-state index >= 15 is 0 Å². The van der Waals surface area contributed by atoms with Crippen molar-refractivity contribution in [2.75, 3.05) is 0 Å². The van der Waals surface area contributed by atoms with E-state index in [2.05, 4.69) is 0 Å². The Bertz CT molecular complexity index is 312. The Morgan fingerprint density at radius 3 is 2.83 bits per heavy atom. The molecule has 1 aromatic carbocycles. The maximum absolute atomic E-state index is 12.8. The Morgan fingerprint density at radius 2 is 2.25 bits per heavy atom. The number of rotatable bonds is 2. The van der Waals surface area contributed by atoms with Crippen LogP contribution in [-0.2, 0) is 6.42 Å². The lowest BCUT2D eigenvalue weighted by Crippen LogP contribution is -2.13. The largest absolute Gasteiger partial charge is 0.387 e. The molecular weight excluding hydrogens is 179 g/mol. The van der Waals surface area contributed by atoms with Gasteiger partial charge in [0, 0.05) is 6.42 Å². The molecule has 4 heteroatoms. The first-order valence-electron chi connectivity index (χ1n) is 3.37. The van der Waals surface area contributed by atoms with Gasteiger partial charge in [-0.3, -0.25) is 5.41 Å². The fourth-order valence-electron chi connectivity index (χ4n) is 0.890. The molecule has 0 unspecified atom stereocenters. The van der Waals surface area contributed by atoms with E-state index in [9.17, 15) is 4.39 Å². The Kier molecular flexibility index (Phi) is 2.65. The average molecular weight is 187 g/mol. The molecule has 0 aliphatic carbocycles. The van der Waals surface area contributed by atoms with Crippen LogP contribution in [0.25, 0.3) is 0 Å². The van der Waals surface area contributed by atoms with E-state index in [1.807, 2.05) is 0 Å². The fourth-order valence-corrected chi connectivity index (χ4v) is 1.08. The second-order valence-corrected chi connectivity index (χ2v) is 2.79. The van der Waals surface area contributed by atoms with Gasteiger partial charge >= 0.3 is 0 Å². The zero-order valence-electron chi connectivity index (χ0n) is 6.27. The Balaban J connectivity index is 3.00. The molecule has 0 spiro atoms. The summed E-state index contributed by atoms with van der Waals surface area (Å²) in [4.78, 5) is 0. The van der Waals surface area contributed by atoms with Crippen LogP contribution in [0.1, 0.15) is 5.56 Å². The van der Waals surface area contributed by atoms with Gasteiger partial charge in [0.05, 0.1) is 10.9 Å². The average Bonchev–Trinajstić information content (AvgIpc) is 1.98. The minimum Gasteiger partial charge on any atom is -0.387 e. The van der Waals surface area contributed by atoms with Crippen molar-refractivity contribution in [3.63, 3.8) is 0 Å². The summed E-state index contributed by atoms with van der Waals surface area (Å²) in [6, 6.07) is 4.46.